The number of hydrogen-bond donors (Lipinski definition) is 0. The number of alkyl halides is 3. The fourth-order valence-electron chi connectivity index (χ4n) is 1.20. The third-order valence-corrected chi connectivity index (χ3v) is 2.13. The lowest BCUT2D eigenvalue weighted by atomic mass is 10.1. The molecule has 0 N–H and O–H groups in total. The quantitative estimate of drug-likeness (QED) is 0.828. The molecular weight excluding hydrogens is 249 g/mol. The average Bonchev–Trinajstić information content (AvgIpc) is 2.78. The molecule has 0 saturated heterocycles. The van der Waals surface area contributed by atoms with Crippen molar-refractivity contribution in [1.82, 2.24) is 20.2 Å². The van der Waals surface area contributed by atoms with Gasteiger partial charge in [0.25, 0.3) is 5.89 Å². The standard InChI is InChI=1S/C10H9F3N4O/c1-5(2)6-3-14-4-7(15-6)8-16-17-9(18-8)10(11,12)13/h3-5H,1-2H3. The normalized spacial score (nSPS) is 12.1. The van der Waals surface area contributed by atoms with Crippen LogP contribution in [0.1, 0.15) is 31.4 Å². The Kier molecular flexibility index (Phi) is 3.02. The third kappa shape index (κ3) is 2.47. The molecule has 0 saturated carbocycles. The molecule has 2 rings (SSSR count). The van der Waals surface area contributed by atoms with E-state index >= 15 is 0 Å². The van der Waals surface area contributed by atoms with E-state index in [4.69, 9.17) is 0 Å². The van der Waals surface area contributed by atoms with Crippen molar-refractivity contribution in [2.45, 2.75) is 25.9 Å². The van der Waals surface area contributed by atoms with Gasteiger partial charge in [-0.2, -0.15) is 13.2 Å². The van der Waals surface area contributed by atoms with Crippen molar-refractivity contribution in [1.29, 1.82) is 0 Å². The van der Waals surface area contributed by atoms with Gasteiger partial charge in [0.1, 0.15) is 5.69 Å². The first-order valence-electron chi connectivity index (χ1n) is 5.11. The summed E-state index contributed by atoms with van der Waals surface area (Å²) in [7, 11) is 0. The smallest absolute Gasteiger partial charge is 0.411 e. The second-order valence-electron chi connectivity index (χ2n) is 3.89. The molecule has 18 heavy (non-hydrogen) atoms. The largest absolute Gasteiger partial charge is 0.470 e. The molecule has 0 fully saturated rings. The van der Waals surface area contributed by atoms with E-state index in [1.807, 2.05) is 13.8 Å². The number of aromatic nitrogens is 4. The summed E-state index contributed by atoms with van der Waals surface area (Å²) in [5, 5.41) is 6.24. The van der Waals surface area contributed by atoms with E-state index in [0.29, 0.717) is 5.69 Å². The molecule has 96 valence electrons. The average molecular weight is 258 g/mol. The maximum atomic E-state index is 12.3. The first-order valence-corrected chi connectivity index (χ1v) is 5.11. The highest BCUT2D eigenvalue weighted by Crippen LogP contribution is 2.29. The second-order valence-corrected chi connectivity index (χ2v) is 3.89. The van der Waals surface area contributed by atoms with Crippen LogP contribution in [0.15, 0.2) is 16.8 Å². The molecule has 0 atom stereocenters. The Morgan fingerprint density at radius 3 is 2.44 bits per heavy atom. The van der Waals surface area contributed by atoms with E-state index in [0.717, 1.165) is 0 Å². The van der Waals surface area contributed by atoms with Gasteiger partial charge in [0.2, 0.25) is 0 Å². The first kappa shape index (κ1) is 12.5. The van der Waals surface area contributed by atoms with Crippen LogP contribution in [0.3, 0.4) is 0 Å². The van der Waals surface area contributed by atoms with Crippen molar-refractivity contribution in [3.8, 4) is 11.6 Å². The Labute approximate surface area is 100 Å². The van der Waals surface area contributed by atoms with E-state index in [2.05, 4.69) is 24.6 Å². The zero-order chi connectivity index (χ0) is 13.3. The van der Waals surface area contributed by atoms with Crippen LogP contribution in [-0.2, 0) is 6.18 Å². The highest BCUT2D eigenvalue weighted by atomic mass is 19.4. The number of halogens is 3. The maximum absolute atomic E-state index is 12.3. The van der Waals surface area contributed by atoms with Crippen LogP contribution < -0.4 is 0 Å². The molecule has 0 spiro atoms. The van der Waals surface area contributed by atoms with Gasteiger partial charge in [0.15, 0.2) is 0 Å². The molecule has 0 aliphatic rings. The SMILES string of the molecule is CC(C)c1cncc(-c2nnc(C(F)(F)F)o2)n1. The lowest BCUT2D eigenvalue weighted by molar-refractivity contribution is -0.156. The summed E-state index contributed by atoms with van der Waals surface area (Å²) in [6.45, 7) is 3.78. The summed E-state index contributed by atoms with van der Waals surface area (Å²) in [5.74, 6) is -1.59. The van der Waals surface area contributed by atoms with E-state index in [1.165, 1.54) is 12.4 Å². The molecule has 2 aromatic rings. The van der Waals surface area contributed by atoms with E-state index < -0.39 is 12.1 Å². The Bertz CT molecular complexity index is 550. The van der Waals surface area contributed by atoms with Crippen LogP contribution in [0, 0.1) is 0 Å². The minimum absolute atomic E-state index is 0.0995. The fourth-order valence-corrected chi connectivity index (χ4v) is 1.20. The minimum atomic E-state index is -4.66. The minimum Gasteiger partial charge on any atom is -0.411 e. The van der Waals surface area contributed by atoms with Crippen molar-refractivity contribution >= 4 is 0 Å². The molecule has 2 heterocycles. The van der Waals surface area contributed by atoms with Gasteiger partial charge in [0, 0.05) is 6.20 Å². The fraction of sp³-hybridized carbons (Fsp3) is 0.400. The zero-order valence-corrected chi connectivity index (χ0v) is 9.56. The predicted molar refractivity (Wildman–Crippen MR) is 54.4 cm³/mol. The van der Waals surface area contributed by atoms with Crippen LogP contribution in [0.25, 0.3) is 11.6 Å². The topological polar surface area (TPSA) is 64.7 Å². The molecule has 0 bridgehead atoms. The van der Waals surface area contributed by atoms with Crippen molar-refractivity contribution in [2.24, 2.45) is 0 Å². The molecule has 0 radical (unpaired) electrons. The summed E-state index contributed by atoms with van der Waals surface area (Å²) < 4.78 is 41.4. The monoisotopic (exact) mass is 258 g/mol. The van der Waals surface area contributed by atoms with Gasteiger partial charge >= 0.3 is 12.1 Å². The van der Waals surface area contributed by atoms with Gasteiger partial charge in [-0.05, 0) is 5.92 Å². The van der Waals surface area contributed by atoms with E-state index in [9.17, 15) is 13.2 Å². The molecule has 0 amide bonds. The van der Waals surface area contributed by atoms with Crippen LogP contribution in [-0.4, -0.2) is 20.2 Å². The van der Waals surface area contributed by atoms with Gasteiger partial charge < -0.3 is 4.42 Å². The van der Waals surface area contributed by atoms with Crippen LogP contribution >= 0.6 is 0 Å². The summed E-state index contributed by atoms with van der Waals surface area (Å²) >= 11 is 0. The molecule has 8 heteroatoms. The molecule has 0 aromatic carbocycles. The first-order chi connectivity index (χ1) is 8.38. The summed E-state index contributed by atoms with van der Waals surface area (Å²) in [6.07, 6.45) is -1.84. The Balaban J connectivity index is 2.37. The van der Waals surface area contributed by atoms with Gasteiger partial charge in [0.05, 0.1) is 11.9 Å². The van der Waals surface area contributed by atoms with Crippen LogP contribution in [0.4, 0.5) is 13.2 Å². The highest BCUT2D eigenvalue weighted by molar-refractivity contribution is 5.44. The molecule has 5 nitrogen and oxygen atoms in total. The van der Waals surface area contributed by atoms with Gasteiger partial charge in [-0.1, -0.05) is 13.8 Å². The third-order valence-electron chi connectivity index (χ3n) is 2.13. The Morgan fingerprint density at radius 2 is 1.89 bits per heavy atom. The van der Waals surface area contributed by atoms with Crippen molar-refractivity contribution in [2.75, 3.05) is 0 Å². The van der Waals surface area contributed by atoms with E-state index in [-0.39, 0.29) is 17.5 Å². The second kappa shape index (κ2) is 4.35. The van der Waals surface area contributed by atoms with Gasteiger partial charge in [-0.3, -0.25) is 4.98 Å². The molecule has 0 aliphatic heterocycles. The Hall–Kier alpha value is -1.99. The van der Waals surface area contributed by atoms with Gasteiger partial charge in [-0.15, -0.1) is 10.2 Å². The lowest BCUT2D eigenvalue weighted by Gasteiger charge is -2.03. The summed E-state index contributed by atoms with van der Waals surface area (Å²) in [6, 6.07) is 0. The van der Waals surface area contributed by atoms with Crippen LogP contribution in [0.2, 0.25) is 0 Å². The number of rotatable bonds is 2. The van der Waals surface area contributed by atoms with Crippen LogP contribution in [0.5, 0.6) is 0 Å². The molecule has 0 unspecified atom stereocenters. The molecular formula is C10H9F3N4O. The maximum Gasteiger partial charge on any atom is 0.470 e. The van der Waals surface area contributed by atoms with Crippen molar-refractivity contribution in [3.05, 3.63) is 24.0 Å². The molecule has 0 aliphatic carbocycles. The predicted octanol–water partition coefficient (Wildman–Crippen LogP) is 2.67. The summed E-state index contributed by atoms with van der Waals surface area (Å²) in [4.78, 5) is 7.99. The van der Waals surface area contributed by atoms with Crippen molar-refractivity contribution < 1.29 is 17.6 Å². The summed E-state index contributed by atoms with van der Waals surface area (Å²) in [5.41, 5.74) is 0.767. The lowest BCUT2D eigenvalue weighted by Crippen LogP contribution is -2.04. The number of hydrogen-bond acceptors (Lipinski definition) is 5. The molecule has 2 aromatic heterocycles. The Morgan fingerprint density at radius 1 is 1.17 bits per heavy atom. The zero-order valence-electron chi connectivity index (χ0n) is 9.56. The highest BCUT2D eigenvalue weighted by Gasteiger charge is 2.38. The number of nitrogens with zero attached hydrogens (tertiary/aromatic N) is 4. The van der Waals surface area contributed by atoms with Crippen molar-refractivity contribution in [3.63, 3.8) is 0 Å². The van der Waals surface area contributed by atoms with Gasteiger partial charge in [-0.25, -0.2) is 4.98 Å². The van der Waals surface area contributed by atoms with E-state index in [1.54, 1.807) is 0 Å².